The molecule has 1 amide bonds. The van der Waals surface area contributed by atoms with E-state index in [4.69, 9.17) is 5.73 Å². The van der Waals surface area contributed by atoms with E-state index in [0.29, 0.717) is 31.7 Å². The number of anilines is 2. The zero-order chi connectivity index (χ0) is 15.9. The van der Waals surface area contributed by atoms with Crippen molar-refractivity contribution in [3.8, 4) is 0 Å². The molecule has 8 heteroatoms. The lowest BCUT2D eigenvalue weighted by molar-refractivity contribution is -0.145. The van der Waals surface area contributed by atoms with E-state index in [1.165, 1.54) is 6.33 Å². The Morgan fingerprint density at radius 1 is 1.41 bits per heavy atom. The third-order valence-corrected chi connectivity index (χ3v) is 4.99. The molecular formula is C14H19N5O3. The van der Waals surface area contributed by atoms with Gasteiger partial charge in [-0.3, -0.25) is 9.59 Å². The van der Waals surface area contributed by atoms with Crippen LogP contribution in [0.1, 0.15) is 19.3 Å². The molecule has 1 atom stereocenters. The van der Waals surface area contributed by atoms with Gasteiger partial charge in [-0.15, -0.1) is 0 Å². The first-order chi connectivity index (χ1) is 10.4. The van der Waals surface area contributed by atoms with E-state index in [1.807, 2.05) is 0 Å². The van der Waals surface area contributed by atoms with Crippen molar-refractivity contribution in [2.24, 2.45) is 5.92 Å². The second-order valence-corrected chi connectivity index (χ2v) is 5.94. The number of aliphatic carboxylic acids is 1. The fourth-order valence-electron chi connectivity index (χ4n) is 3.64. The number of carbonyl (C=O) groups is 2. The van der Waals surface area contributed by atoms with Crippen molar-refractivity contribution >= 4 is 23.5 Å². The van der Waals surface area contributed by atoms with Gasteiger partial charge in [0.25, 0.3) is 0 Å². The first-order valence-electron chi connectivity index (χ1n) is 7.26. The predicted molar refractivity (Wildman–Crippen MR) is 79.1 cm³/mol. The monoisotopic (exact) mass is 305 g/mol. The lowest BCUT2D eigenvalue weighted by Crippen LogP contribution is -2.56. The minimum Gasteiger partial charge on any atom is -0.481 e. The van der Waals surface area contributed by atoms with Crippen molar-refractivity contribution in [2.75, 3.05) is 30.8 Å². The first-order valence-corrected chi connectivity index (χ1v) is 7.26. The lowest BCUT2D eigenvalue weighted by Gasteiger charge is -2.45. The molecule has 118 valence electrons. The Kier molecular flexibility index (Phi) is 3.38. The second kappa shape index (κ2) is 5.11. The Bertz CT molecular complexity index is 612. The maximum atomic E-state index is 12.0. The predicted octanol–water partition coefficient (Wildman–Crippen LogP) is -0.0393. The number of piperidine rings is 1. The number of carboxylic acids is 1. The van der Waals surface area contributed by atoms with Crippen molar-refractivity contribution in [1.82, 2.24) is 14.9 Å². The van der Waals surface area contributed by atoms with Gasteiger partial charge in [0.1, 0.15) is 18.0 Å². The summed E-state index contributed by atoms with van der Waals surface area (Å²) in [5, 5.41) is 9.46. The quantitative estimate of drug-likeness (QED) is 0.788. The largest absolute Gasteiger partial charge is 0.481 e. The smallest absolute Gasteiger partial charge is 0.309 e. The third-order valence-electron chi connectivity index (χ3n) is 4.99. The molecule has 3 N–H and O–H groups in total. The average Bonchev–Trinajstić information content (AvgIpc) is 2.74. The maximum Gasteiger partial charge on any atom is 0.309 e. The van der Waals surface area contributed by atoms with Gasteiger partial charge in [0, 0.05) is 32.6 Å². The summed E-state index contributed by atoms with van der Waals surface area (Å²) >= 11 is 0. The van der Waals surface area contributed by atoms with Gasteiger partial charge in [0.15, 0.2) is 0 Å². The number of hydrogen-bond acceptors (Lipinski definition) is 6. The number of nitrogens with zero attached hydrogens (tertiary/aromatic N) is 4. The van der Waals surface area contributed by atoms with Crippen molar-refractivity contribution in [2.45, 2.75) is 24.8 Å². The fraction of sp³-hybridized carbons (Fsp3) is 0.571. The summed E-state index contributed by atoms with van der Waals surface area (Å²) in [6.45, 7) is 1.27. The van der Waals surface area contributed by atoms with Crippen LogP contribution in [0.4, 0.5) is 11.6 Å². The molecule has 0 unspecified atom stereocenters. The van der Waals surface area contributed by atoms with Gasteiger partial charge in [-0.25, -0.2) is 9.97 Å². The van der Waals surface area contributed by atoms with Crippen LogP contribution in [0.5, 0.6) is 0 Å². The number of carbonyl (C=O) groups excluding carboxylic acids is 1. The van der Waals surface area contributed by atoms with Crippen LogP contribution in [0.2, 0.25) is 0 Å². The van der Waals surface area contributed by atoms with Gasteiger partial charge in [0.2, 0.25) is 5.91 Å². The van der Waals surface area contributed by atoms with Gasteiger partial charge in [-0.05, 0) is 12.8 Å². The first kappa shape index (κ1) is 14.6. The number of aromatic nitrogens is 2. The normalized spacial score (nSPS) is 24.0. The molecule has 1 aromatic heterocycles. The Morgan fingerprint density at radius 3 is 2.68 bits per heavy atom. The molecule has 0 radical (unpaired) electrons. The molecule has 2 saturated heterocycles. The Hall–Kier alpha value is -2.38. The van der Waals surface area contributed by atoms with Crippen molar-refractivity contribution < 1.29 is 14.7 Å². The van der Waals surface area contributed by atoms with Gasteiger partial charge in [-0.2, -0.15) is 0 Å². The van der Waals surface area contributed by atoms with E-state index in [0.717, 1.165) is 5.82 Å². The minimum atomic E-state index is -0.891. The summed E-state index contributed by atoms with van der Waals surface area (Å²) in [7, 11) is 1.71. The van der Waals surface area contributed by atoms with Crippen molar-refractivity contribution in [1.29, 1.82) is 0 Å². The molecule has 1 aromatic rings. The number of nitrogens with two attached hydrogens (primary N) is 1. The Labute approximate surface area is 127 Å². The van der Waals surface area contributed by atoms with Crippen LogP contribution in [0.25, 0.3) is 0 Å². The topological polar surface area (TPSA) is 113 Å². The van der Waals surface area contributed by atoms with Crippen LogP contribution < -0.4 is 10.6 Å². The molecule has 2 aliphatic rings. The SMILES string of the molecule is CN1C(=O)C[C@@H](C(=O)O)C12CCN(c1cc(N)ncn1)CC2. The standard InChI is InChI=1S/C14H19N5O3/c1-18-12(20)6-9(13(21)22)14(18)2-4-19(5-3-14)11-7-10(15)16-8-17-11/h7-9H,2-6H2,1H3,(H,21,22)(H2,15,16,17)/t9-/m0/s1. The number of hydrogen-bond donors (Lipinski definition) is 2. The third kappa shape index (κ3) is 2.15. The van der Waals surface area contributed by atoms with Crippen LogP contribution in [0.15, 0.2) is 12.4 Å². The Morgan fingerprint density at radius 2 is 2.09 bits per heavy atom. The molecule has 22 heavy (non-hydrogen) atoms. The highest BCUT2D eigenvalue weighted by atomic mass is 16.4. The molecule has 2 fully saturated rings. The lowest BCUT2D eigenvalue weighted by atomic mass is 9.77. The van der Waals surface area contributed by atoms with E-state index in [2.05, 4.69) is 14.9 Å². The van der Waals surface area contributed by atoms with E-state index < -0.39 is 17.4 Å². The molecule has 8 nitrogen and oxygen atoms in total. The van der Waals surface area contributed by atoms with Crippen LogP contribution in [0, 0.1) is 5.92 Å². The number of nitrogen functional groups attached to an aromatic ring is 1. The van der Waals surface area contributed by atoms with E-state index in [9.17, 15) is 14.7 Å². The highest BCUT2D eigenvalue weighted by molar-refractivity contribution is 5.88. The van der Waals surface area contributed by atoms with E-state index in [-0.39, 0.29) is 12.3 Å². The number of rotatable bonds is 2. The summed E-state index contributed by atoms with van der Waals surface area (Å²) < 4.78 is 0. The Balaban J connectivity index is 1.80. The number of carboxylic acid groups (broad SMARTS) is 1. The summed E-state index contributed by atoms with van der Waals surface area (Å²) in [4.78, 5) is 35.3. The second-order valence-electron chi connectivity index (χ2n) is 5.94. The maximum absolute atomic E-state index is 12.0. The number of amides is 1. The number of likely N-dealkylation sites (tertiary alicyclic amines) is 1. The average molecular weight is 305 g/mol. The summed E-state index contributed by atoms with van der Waals surface area (Å²) in [6, 6.07) is 1.70. The molecule has 0 aromatic carbocycles. The molecule has 0 bridgehead atoms. The molecule has 3 rings (SSSR count). The summed E-state index contributed by atoms with van der Waals surface area (Å²) in [5.74, 6) is -0.477. The van der Waals surface area contributed by atoms with Gasteiger partial charge in [-0.1, -0.05) is 0 Å². The minimum absolute atomic E-state index is 0.0896. The highest BCUT2D eigenvalue weighted by Crippen LogP contribution is 2.43. The zero-order valence-electron chi connectivity index (χ0n) is 12.4. The van der Waals surface area contributed by atoms with Crippen LogP contribution in [0.3, 0.4) is 0 Å². The highest BCUT2D eigenvalue weighted by Gasteiger charge is 2.55. The summed E-state index contributed by atoms with van der Waals surface area (Å²) in [6.07, 6.45) is 2.72. The van der Waals surface area contributed by atoms with Crippen LogP contribution in [-0.4, -0.2) is 57.5 Å². The van der Waals surface area contributed by atoms with Gasteiger partial charge < -0.3 is 20.6 Å². The van der Waals surface area contributed by atoms with Crippen molar-refractivity contribution in [3.63, 3.8) is 0 Å². The van der Waals surface area contributed by atoms with Gasteiger partial charge >= 0.3 is 5.97 Å². The fourth-order valence-corrected chi connectivity index (χ4v) is 3.64. The van der Waals surface area contributed by atoms with Crippen LogP contribution >= 0.6 is 0 Å². The molecule has 3 heterocycles. The van der Waals surface area contributed by atoms with E-state index >= 15 is 0 Å². The molecule has 0 aliphatic carbocycles. The molecule has 2 aliphatic heterocycles. The van der Waals surface area contributed by atoms with E-state index in [1.54, 1.807) is 18.0 Å². The summed E-state index contributed by atoms with van der Waals surface area (Å²) in [5.41, 5.74) is 5.09. The zero-order valence-corrected chi connectivity index (χ0v) is 12.4. The van der Waals surface area contributed by atoms with Crippen molar-refractivity contribution in [3.05, 3.63) is 12.4 Å². The molecule has 1 spiro atoms. The molecule has 0 saturated carbocycles. The van der Waals surface area contributed by atoms with Gasteiger partial charge in [0.05, 0.1) is 11.5 Å². The van der Waals surface area contributed by atoms with Crippen LogP contribution in [-0.2, 0) is 9.59 Å². The molecular weight excluding hydrogens is 286 g/mol.